The first-order valence-electron chi connectivity index (χ1n) is 11.5. The van der Waals surface area contributed by atoms with E-state index in [2.05, 4.69) is 45.0 Å². The molecule has 35 heavy (non-hydrogen) atoms. The van der Waals surface area contributed by atoms with Gasteiger partial charge in [-0.2, -0.15) is 0 Å². The van der Waals surface area contributed by atoms with E-state index < -0.39 is 5.97 Å². The lowest BCUT2D eigenvalue weighted by molar-refractivity contribution is 0.0601. The Morgan fingerprint density at radius 2 is 1.74 bits per heavy atom. The summed E-state index contributed by atoms with van der Waals surface area (Å²) in [6.07, 6.45) is 3.76. The maximum absolute atomic E-state index is 12.8. The van der Waals surface area contributed by atoms with E-state index in [1.54, 1.807) is 24.4 Å². The number of aromatic nitrogens is 2. The molecule has 3 aromatic carbocycles. The Kier molecular flexibility index (Phi) is 6.36. The molecule has 2 N–H and O–H groups in total. The quantitative estimate of drug-likeness (QED) is 0.401. The minimum atomic E-state index is -0.523. The predicted molar refractivity (Wildman–Crippen MR) is 134 cm³/mol. The van der Waals surface area contributed by atoms with Gasteiger partial charge in [0.1, 0.15) is 0 Å². The Hall–Kier alpha value is -4.30. The Labute approximate surface area is 202 Å². The Balaban J connectivity index is 1.44. The summed E-state index contributed by atoms with van der Waals surface area (Å²) in [5.41, 5.74) is 5.68. The van der Waals surface area contributed by atoms with Crippen molar-refractivity contribution in [2.45, 2.75) is 12.8 Å². The zero-order valence-corrected chi connectivity index (χ0v) is 19.3. The van der Waals surface area contributed by atoms with Crippen molar-refractivity contribution in [3.8, 4) is 11.3 Å². The highest BCUT2D eigenvalue weighted by molar-refractivity contribution is 6.01. The molecule has 0 radical (unpaired) electrons. The fourth-order valence-corrected chi connectivity index (χ4v) is 4.16. The van der Waals surface area contributed by atoms with Gasteiger partial charge in [-0.1, -0.05) is 36.4 Å². The van der Waals surface area contributed by atoms with Crippen molar-refractivity contribution in [3.05, 3.63) is 84.1 Å². The molecule has 2 heterocycles. The van der Waals surface area contributed by atoms with Crippen LogP contribution in [0.3, 0.4) is 0 Å². The molecule has 0 saturated carbocycles. The number of hydrazine groups is 1. The van der Waals surface area contributed by atoms with Crippen molar-refractivity contribution in [2.75, 3.05) is 25.5 Å². The molecule has 1 aliphatic rings. The summed E-state index contributed by atoms with van der Waals surface area (Å²) in [5.74, 6) is -0.459. The lowest BCUT2D eigenvalue weighted by Crippen LogP contribution is -2.40. The monoisotopic (exact) mass is 467 g/mol. The maximum Gasteiger partial charge on any atom is 0.339 e. The molecule has 1 saturated heterocycles. The fourth-order valence-electron chi connectivity index (χ4n) is 4.16. The van der Waals surface area contributed by atoms with E-state index >= 15 is 0 Å². The number of rotatable bonds is 6. The van der Waals surface area contributed by atoms with Gasteiger partial charge in [0, 0.05) is 30.4 Å². The number of ether oxygens (including phenoxy) is 1. The Morgan fingerprint density at radius 3 is 2.54 bits per heavy atom. The minimum Gasteiger partial charge on any atom is -0.465 e. The zero-order valence-electron chi connectivity index (χ0n) is 19.3. The number of hydrogen-bond donors (Lipinski definition) is 2. The third-order valence-electron chi connectivity index (χ3n) is 6.00. The van der Waals surface area contributed by atoms with Crippen LogP contribution in [0, 0.1) is 0 Å². The predicted octanol–water partition coefficient (Wildman–Crippen LogP) is 4.57. The molecule has 8 nitrogen and oxygen atoms in total. The molecule has 0 aliphatic carbocycles. The second-order valence-corrected chi connectivity index (χ2v) is 8.34. The molecule has 1 amide bonds. The summed E-state index contributed by atoms with van der Waals surface area (Å²) in [6, 6.07) is 20.9. The van der Waals surface area contributed by atoms with Gasteiger partial charge in [-0.3, -0.25) is 10.2 Å². The van der Waals surface area contributed by atoms with Gasteiger partial charge in [-0.15, -0.1) is 0 Å². The molecular weight excluding hydrogens is 442 g/mol. The second kappa shape index (κ2) is 9.90. The van der Waals surface area contributed by atoms with Crippen LogP contribution in [-0.4, -0.2) is 47.1 Å². The molecule has 5 rings (SSSR count). The van der Waals surface area contributed by atoms with Crippen molar-refractivity contribution >= 4 is 34.3 Å². The lowest BCUT2D eigenvalue weighted by Gasteiger charge is -2.17. The normalized spacial score (nSPS) is 13.5. The number of carbonyl (C=O) groups excluding carboxylic acids is 2. The van der Waals surface area contributed by atoms with Crippen molar-refractivity contribution in [1.29, 1.82) is 0 Å². The number of fused-ring (bicyclic) bond motifs is 1. The summed E-state index contributed by atoms with van der Waals surface area (Å²) in [4.78, 5) is 34.1. The average Bonchev–Trinajstić information content (AvgIpc) is 3.41. The number of carbonyl (C=O) groups is 2. The van der Waals surface area contributed by atoms with Crippen molar-refractivity contribution in [1.82, 2.24) is 20.4 Å². The molecule has 1 aliphatic heterocycles. The van der Waals surface area contributed by atoms with Gasteiger partial charge in [-0.05, 0) is 53.9 Å². The second-order valence-electron chi connectivity index (χ2n) is 8.34. The van der Waals surface area contributed by atoms with Crippen LogP contribution in [-0.2, 0) is 4.74 Å². The highest BCUT2D eigenvalue weighted by Gasteiger charge is 2.19. The third-order valence-corrected chi connectivity index (χ3v) is 6.00. The minimum absolute atomic E-state index is 0.239. The molecule has 8 heteroatoms. The largest absolute Gasteiger partial charge is 0.465 e. The van der Waals surface area contributed by atoms with Crippen molar-refractivity contribution in [3.63, 3.8) is 0 Å². The van der Waals surface area contributed by atoms with Gasteiger partial charge in [0.15, 0.2) is 0 Å². The van der Waals surface area contributed by atoms with E-state index in [0.717, 1.165) is 48.0 Å². The summed E-state index contributed by atoms with van der Waals surface area (Å²) in [5, 5.41) is 7.27. The smallest absolute Gasteiger partial charge is 0.339 e. The topological polar surface area (TPSA) is 96.5 Å². The Morgan fingerprint density at radius 1 is 0.943 bits per heavy atom. The van der Waals surface area contributed by atoms with E-state index in [9.17, 15) is 9.59 Å². The van der Waals surface area contributed by atoms with Crippen LogP contribution in [0.1, 0.15) is 33.6 Å². The van der Waals surface area contributed by atoms with E-state index in [-0.39, 0.29) is 11.5 Å². The van der Waals surface area contributed by atoms with Crippen LogP contribution in [0.2, 0.25) is 0 Å². The van der Waals surface area contributed by atoms with Gasteiger partial charge in [0.25, 0.3) is 5.91 Å². The number of esters is 1. The van der Waals surface area contributed by atoms with Gasteiger partial charge in [-0.25, -0.2) is 19.8 Å². The average molecular weight is 468 g/mol. The number of benzene rings is 3. The highest BCUT2D eigenvalue weighted by atomic mass is 16.5. The Bertz CT molecular complexity index is 1400. The molecule has 0 bridgehead atoms. The lowest BCUT2D eigenvalue weighted by atomic mass is 10.1. The molecule has 0 atom stereocenters. The SMILES string of the molecule is COC(=O)c1ccc(C(=O)NN2CCCC2)cc1Nc1nccc(-c2ccc3ccccc3c2)n1. The number of methoxy groups -OCH3 is 1. The molecule has 0 spiro atoms. The first-order valence-corrected chi connectivity index (χ1v) is 11.5. The van der Waals surface area contributed by atoms with E-state index in [0.29, 0.717) is 17.2 Å². The fraction of sp³-hybridized carbons (Fsp3) is 0.185. The highest BCUT2D eigenvalue weighted by Crippen LogP contribution is 2.26. The van der Waals surface area contributed by atoms with E-state index in [1.807, 2.05) is 29.3 Å². The van der Waals surface area contributed by atoms with Crippen LogP contribution in [0.5, 0.6) is 0 Å². The van der Waals surface area contributed by atoms with Crippen LogP contribution in [0.15, 0.2) is 72.9 Å². The number of hydrogen-bond acceptors (Lipinski definition) is 7. The molecular formula is C27H25N5O3. The molecule has 1 fully saturated rings. The van der Waals surface area contributed by atoms with Gasteiger partial charge >= 0.3 is 5.97 Å². The van der Waals surface area contributed by atoms with Gasteiger partial charge in [0.2, 0.25) is 5.95 Å². The zero-order chi connectivity index (χ0) is 24.2. The first kappa shape index (κ1) is 22.5. The van der Waals surface area contributed by atoms with Gasteiger partial charge in [0.05, 0.1) is 24.1 Å². The van der Waals surface area contributed by atoms with Crippen molar-refractivity contribution in [2.24, 2.45) is 0 Å². The van der Waals surface area contributed by atoms with Crippen LogP contribution < -0.4 is 10.7 Å². The molecule has 4 aromatic rings. The summed E-state index contributed by atoms with van der Waals surface area (Å²) < 4.78 is 4.93. The van der Waals surface area contributed by atoms with Crippen LogP contribution >= 0.6 is 0 Å². The van der Waals surface area contributed by atoms with Crippen molar-refractivity contribution < 1.29 is 14.3 Å². The molecule has 0 unspecified atom stereocenters. The van der Waals surface area contributed by atoms with Crippen LogP contribution in [0.4, 0.5) is 11.6 Å². The summed E-state index contributed by atoms with van der Waals surface area (Å²) >= 11 is 0. The first-order chi connectivity index (χ1) is 17.1. The van der Waals surface area contributed by atoms with E-state index in [4.69, 9.17) is 4.74 Å². The number of amides is 1. The number of nitrogens with zero attached hydrogens (tertiary/aromatic N) is 3. The summed E-state index contributed by atoms with van der Waals surface area (Å²) in [7, 11) is 1.32. The third kappa shape index (κ3) is 4.97. The molecule has 1 aromatic heterocycles. The van der Waals surface area contributed by atoms with E-state index in [1.165, 1.54) is 7.11 Å². The van der Waals surface area contributed by atoms with Crippen LogP contribution in [0.25, 0.3) is 22.0 Å². The number of nitrogens with one attached hydrogen (secondary N) is 2. The van der Waals surface area contributed by atoms with Gasteiger partial charge < -0.3 is 10.1 Å². The number of anilines is 2. The summed E-state index contributed by atoms with van der Waals surface area (Å²) in [6.45, 7) is 1.65. The maximum atomic E-state index is 12.8. The molecule has 176 valence electrons. The standard InChI is InChI=1S/C27H25N5O3/c1-35-26(34)22-11-10-21(25(33)31-32-14-4-5-15-32)17-24(22)30-27-28-13-12-23(29-27)20-9-8-18-6-2-3-7-19(18)16-20/h2-3,6-13,16-17H,4-5,14-15H2,1H3,(H,31,33)(H,28,29,30).